The van der Waals surface area contributed by atoms with Gasteiger partial charge in [-0.2, -0.15) is 5.26 Å². The Morgan fingerprint density at radius 3 is 2.15 bits per heavy atom. The van der Waals surface area contributed by atoms with Crippen molar-refractivity contribution in [1.29, 1.82) is 5.26 Å². The summed E-state index contributed by atoms with van der Waals surface area (Å²) in [5.41, 5.74) is 8.97. The van der Waals surface area contributed by atoms with Gasteiger partial charge in [0.25, 0.3) is 5.91 Å². The maximum absolute atomic E-state index is 12.5. The molecule has 0 saturated carbocycles. The molecule has 0 aliphatic carbocycles. The highest BCUT2D eigenvalue weighted by molar-refractivity contribution is 6.07. The van der Waals surface area contributed by atoms with Gasteiger partial charge in [-0.15, -0.1) is 0 Å². The van der Waals surface area contributed by atoms with E-state index in [1.807, 2.05) is 38.1 Å². The maximum atomic E-state index is 12.5. The van der Waals surface area contributed by atoms with Gasteiger partial charge < -0.3 is 16.4 Å². The molecular weight excluding hydrogens is 340 g/mol. The molecule has 6 heteroatoms. The zero-order valence-electron chi connectivity index (χ0n) is 15.4. The molecular formula is C21H22N4O2. The molecule has 2 rings (SSSR count). The largest absolute Gasteiger partial charge is 0.366 e. The van der Waals surface area contributed by atoms with Gasteiger partial charge in [-0.05, 0) is 48.2 Å². The molecule has 0 atom stereocenters. The van der Waals surface area contributed by atoms with Crippen molar-refractivity contribution in [3.63, 3.8) is 0 Å². The standard InChI is InChI=1S/C21H22N4O2/c1-3-14-6-5-7-15(4-2)19(14)25-21(27)17(12-22)13-24-18-10-8-16(9-11-18)20(23)26/h5-11,13,24H,3-4H2,1-2H3,(H2,23,26)(H,25,27)/b17-13-. The van der Waals surface area contributed by atoms with Crippen LogP contribution in [0.25, 0.3) is 0 Å². The molecule has 0 spiro atoms. The van der Waals surface area contributed by atoms with E-state index in [1.165, 1.54) is 6.20 Å². The number of nitrogens with one attached hydrogen (secondary N) is 2. The van der Waals surface area contributed by atoms with E-state index in [1.54, 1.807) is 24.3 Å². The number of hydrogen-bond acceptors (Lipinski definition) is 4. The number of carbonyl (C=O) groups excluding carboxylic acids is 2. The Morgan fingerprint density at radius 1 is 1.07 bits per heavy atom. The van der Waals surface area contributed by atoms with Crippen LogP contribution in [0.5, 0.6) is 0 Å². The molecule has 2 amide bonds. The molecule has 2 aromatic rings. The number of rotatable bonds is 7. The van der Waals surface area contributed by atoms with Gasteiger partial charge in [-0.3, -0.25) is 9.59 Å². The van der Waals surface area contributed by atoms with Crippen molar-refractivity contribution in [2.75, 3.05) is 10.6 Å². The van der Waals surface area contributed by atoms with Gasteiger partial charge in [0.15, 0.2) is 0 Å². The number of nitriles is 1. The third-order valence-electron chi connectivity index (χ3n) is 4.16. The minimum absolute atomic E-state index is 0.0538. The molecule has 0 heterocycles. The molecule has 2 aromatic carbocycles. The summed E-state index contributed by atoms with van der Waals surface area (Å²) in [7, 11) is 0. The summed E-state index contributed by atoms with van der Waals surface area (Å²) in [5.74, 6) is -0.996. The summed E-state index contributed by atoms with van der Waals surface area (Å²) in [4.78, 5) is 23.6. The summed E-state index contributed by atoms with van der Waals surface area (Å²) in [6.45, 7) is 4.03. The van der Waals surface area contributed by atoms with Crippen molar-refractivity contribution in [2.24, 2.45) is 5.73 Å². The summed E-state index contributed by atoms with van der Waals surface area (Å²) >= 11 is 0. The first-order chi connectivity index (χ1) is 13.0. The van der Waals surface area contributed by atoms with Crippen LogP contribution in [-0.2, 0) is 17.6 Å². The van der Waals surface area contributed by atoms with Gasteiger partial charge in [-0.1, -0.05) is 32.0 Å². The number of amides is 2. The van der Waals surface area contributed by atoms with E-state index >= 15 is 0 Å². The van der Waals surface area contributed by atoms with Crippen molar-refractivity contribution in [3.05, 3.63) is 70.9 Å². The van der Waals surface area contributed by atoms with Crippen LogP contribution in [0.15, 0.2) is 54.2 Å². The number of hydrogen-bond donors (Lipinski definition) is 3. The fourth-order valence-corrected chi connectivity index (χ4v) is 2.62. The van der Waals surface area contributed by atoms with E-state index in [9.17, 15) is 14.9 Å². The molecule has 0 aliphatic rings. The quantitative estimate of drug-likeness (QED) is 0.518. The fourth-order valence-electron chi connectivity index (χ4n) is 2.62. The summed E-state index contributed by atoms with van der Waals surface area (Å²) < 4.78 is 0. The van der Waals surface area contributed by atoms with Gasteiger partial charge in [-0.25, -0.2) is 0 Å². The summed E-state index contributed by atoms with van der Waals surface area (Å²) in [5, 5.41) is 15.1. The van der Waals surface area contributed by atoms with Gasteiger partial charge in [0.05, 0.1) is 0 Å². The number of aryl methyl sites for hydroxylation is 2. The Labute approximate surface area is 158 Å². The lowest BCUT2D eigenvalue weighted by atomic mass is 10.0. The number of nitrogens with two attached hydrogens (primary N) is 1. The second-order valence-corrected chi connectivity index (χ2v) is 5.87. The number of benzene rings is 2. The molecule has 0 aliphatic heterocycles. The lowest BCUT2D eigenvalue weighted by Crippen LogP contribution is -2.17. The average Bonchev–Trinajstić information content (AvgIpc) is 2.68. The van der Waals surface area contributed by atoms with Gasteiger partial charge in [0.1, 0.15) is 11.6 Å². The van der Waals surface area contributed by atoms with Crippen LogP contribution in [0.1, 0.15) is 35.3 Å². The molecule has 4 N–H and O–H groups in total. The predicted octanol–water partition coefficient (Wildman–Crippen LogP) is 3.37. The first kappa shape index (κ1) is 19.7. The third kappa shape index (κ3) is 4.95. The smallest absolute Gasteiger partial charge is 0.267 e. The second kappa shape index (κ2) is 9.20. The van der Waals surface area contributed by atoms with Crippen LogP contribution in [-0.4, -0.2) is 11.8 Å². The SMILES string of the molecule is CCc1cccc(CC)c1NC(=O)/C(C#N)=C\Nc1ccc(C(N)=O)cc1. The average molecular weight is 362 g/mol. The predicted molar refractivity (Wildman–Crippen MR) is 106 cm³/mol. The second-order valence-electron chi connectivity index (χ2n) is 5.87. The fraction of sp³-hybridized carbons (Fsp3) is 0.190. The Morgan fingerprint density at radius 2 is 1.67 bits per heavy atom. The zero-order valence-corrected chi connectivity index (χ0v) is 15.4. The molecule has 138 valence electrons. The zero-order chi connectivity index (χ0) is 19.8. The van der Waals surface area contributed by atoms with Crippen LogP contribution in [0.4, 0.5) is 11.4 Å². The van der Waals surface area contributed by atoms with Gasteiger partial charge in [0, 0.05) is 23.1 Å². The molecule has 0 radical (unpaired) electrons. The molecule has 27 heavy (non-hydrogen) atoms. The maximum Gasteiger partial charge on any atom is 0.267 e. The third-order valence-corrected chi connectivity index (χ3v) is 4.16. The number of anilines is 2. The summed E-state index contributed by atoms with van der Waals surface area (Å²) in [6, 6.07) is 14.2. The van der Waals surface area contributed by atoms with Crippen LogP contribution in [0.2, 0.25) is 0 Å². The normalized spacial score (nSPS) is 10.8. The highest BCUT2D eigenvalue weighted by Crippen LogP contribution is 2.23. The van der Waals surface area contributed by atoms with E-state index in [-0.39, 0.29) is 5.57 Å². The highest BCUT2D eigenvalue weighted by atomic mass is 16.2. The topological polar surface area (TPSA) is 108 Å². The Kier molecular flexibility index (Phi) is 6.73. The van der Waals surface area contributed by atoms with Gasteiger partial charge in [0.2, 0.25) is 5.91 Å². The van der Waals surface area contributed by atoms with Crippen molar-refractivity contribution in [1.82, 2.24) is 0 Å². The number of primary amides is 1. The minimum atomic E-state index is -0.518. The Balaban J connectivity index is 2.18. The molecule has 0 bridgehead atoms. The number of carbonyl (C=O) groups is 2. The van der Waals surface area contributed by atoms with E-state index in [0.717, 1.165) is 29.7 Å². The highest BCUT2D eigenvalue weighted by Gasteiger charge is 2.14. The lowest BCUT2D eigenvalue weighted by Gasteiger charge is -2.14. The molecule has 0 saturated heterocycles. The first-order valence-electron chi connectivity index (χ1n) is 8.68. The monoisotopic (exact) mass is 362 g/mol. The Hall–Kier alpha value is -3.59. The van der Waals surface area contributed by atoms with Crippen LogP contribution in [0.3, 0.4) is 0 Å². The van der Waals surface area contributed by atoms with Crippen molar-refractivity contribution in [3.8, 4) is 6.07 Å². The van der Waals surface area contributed by atoms with E-state index in [0.29, 0.717) is 11.3 Å². The van der Waals surface area contributed by atoms with Crippen molar-refractivity contribution >= 4 is 23.2 Å². The van der Waals surface area contributed by atoms with Crippen LogP contribution in [0, 0.1) is 11.3 Å². The van der Waals surface area contributed by atoms with Gasteiger partial charge >= 0.3 is 0 Å². The van der Waals surface area contributed by atoms with E-state index < -0.39 is 11.8 Å². The van der Waals surface area contributed by atoms with Crippen LogP contribution >= 0.6 is 0 Å². The van der Waals surface area contributed by atoms with Crippen molar-refractivity contribution in [2.45, 2.75) is 26.7 Å². The molecule has 0 unspecified atom stereocenters. The van der Waals surface area contributed by atoms with E-state index in [4.69, 9.17) is 5.73 Å². The molecule has 0 fully saturated rings. The van der Waals surface area contributed by atoms with E-state index in [2.05, 4.69) is 10.6 Å². The number of nitrogens with zero attached hydrogens (tertiary/aromatic N) is 1. The summed E-state index contributed by atoms with van der Waals surface area (Å²) in [6.07, 6.45) is 2.90. The first-order valence-corrected chi connectivity index (χ1v) is 8.68. The number of para-hydroxylation sites is 1. The molecule has 6 nitrogen and oxygen atoms in total. The molecule has 0 aromatic heterocycles. The Bertz CT molecular complexity index is 887. The van der Waals surface area contributed by atoms with Crippen LogP contribution < -0.4 is 16.4 Å². The van der Waals surface area contributed by atoms with Crippen molar-refractivity contribution < 1.29 is 9.59 Å². The lowest BCUT2D eigenvalue weighted by molar-refractivity contribution is -0.112. The minimum Gasteiger partial charge on any atom is -0.366 e.